The maximum absolute atomic E-state index is 11.1. The Morgan fingerprint density at radius 3 is 2.92 bits per heavy atom. The van der Waals surface area contributed by atoms with E-state index in [2.05, 4.69) is 21.9 Å². The number of nitrogens with one attached hydrogen (secondary N) is 1. The van der Waals surface area contributed by atoms with E-state index in [0.29, 0.717) is 5.69 Å². The van der Waals surface area contributed by atoms with Gasteiger partial charge in [-0.3, -0.25) is 5.10 Å². The minimum atomic E-state index is -0.383. The van der Waals surface area contributed by atoms with Crippen LogP contribution in [0.3, 0.4) is 0 Å². The highest BCUT2D eigenvalue weighted by Crippen LogP contribution is 2.46. The van der Waals surface area contributed by atoms with Gasteiger partial charge in [-0.1, -0.05) is 6.92 Å². The van der Waals surface area contributed by atoms with Crippen LogP contribution in [-0.4, -0.2) is 23.3 Å². The van der Waals surface area contributed by atoms with Crippen LogP contribution in [0.2, 0.25) is 0 Å². The molecule has 0 spiro atoms. The van der Waals surface area contributed by atoms with E-state index < -0.39 is 0 Å². The molecule has 0 unspecified atom stereocenters. The van der Waals surface area contributed by atoms with Gasteiger partial charge in [0.2, 0.25) is 0 Å². The fraction of sp³-hybridized carbons (Fsp3) is 0.556. The van der Waals surface area contributed by atoms with E-state index >= 15 is 0 Å². The van der Waals surface area contributed by atoms with Crippen molar-refractivity contribution in [3.63, 3.8) is 0 Å². The molecule has 1 aliphatic rings. The van der Waals surface area contributed by atoms with Gasteiger partial charge in [0.25, 0.3) is 0 Å². The fourth-order valence-electron chi connectivity index (χ4n) is 1.30. The zero-order chi connectivity index (χ0) is 9.47. The molecule has 1 fully saturated rings. The summed E-state index contributed by atoms with van der Waals surface area (Å²) in [6.07, 6.45) is 2.33. The Labute approximate surface area is 76.3 Å². The molecule has 1 saturated carbocycles. The molecule has 1 N–H and O–H groups in total. The lowest BCUT2D eigenvalue weighted by Crippen LogP contribution is -2.01. The molecule has 2 rings (SSSR count). The van der Waals surface area contributed by atoms with Crippen molar-refractivity contribution in [1.29, 1.82) is 0 Å². The maximum atomic E-state index is 11.1. The van der Waals surface area contributed by atoms with Gasteiger partial charge in [-0.05, 0) is 18.9 Å². The molecule has 1 heterocycles. The van der Waals surface area contributed by atoms with Crippen LogP contribution >= 0.6 is 0 Å². The van der Waals surface area contributed by atoms with Crippen molar-refractivity contribution in [3.05, 3.63) is 17.5 Å². The standard InChI is InChI=1S/C9H12N2O2/c1-9(3-4-9)7-5-6(10-11-7)8(12)13-2/h5H,3-4H2,1-2H3,(H,10,11). The van der Waals surface area contributed by atoms with E-state index in [9.17, 15) is 4.79 Å². The summed E-state index contributed by atoms with van der Waals surface area (Å²) < 4.78 is 4.56. The molecule has 0 aliphatic heterocycles. The molecule has 0 bridgehead atoms. The SMILES string of the molecule is COC(=O)c1cc(C2(C)CC2)[nH]n1. The zero-order valence-electron chi connectivity index (χ0n) is 7.76. The second-order valence-electron chi connectivity index (χ2n) is 3.72. The molecule has 0 amide bonds. The highest BCUT2D eigenvalue weighted by Gasteiger charge is 2.41. The number of ether oxygens (including phenoxy) is 1. The van der Waals surface area contributed by atoms with Crippen LogP contribution in [0.4, 0.5) is 0 Å². The summed E-state index contributed by atoms with van der Waals surface area (Å²) in [4.78, 5) is 11.1. The Morgan fingerprint density at radius 2 is 2.38 bits per heavy atom. The minimum absolute atomic E-state index is 0.221. The average Bonchev–Trinajstić information content (AvgIpc) is 2.72. The normalized spacial score (nSPS) is 18.3. The molecule has 0 radical (unpaired) electrons. The lowest BCUT2D eigenvalue weighted by Gasteiger charge is -2.01. The first-order valence-electron chi connectivity index (χ1n) is 4.30. The molecule has 70 valence electrons. The lowest BCUT2D eigenvalue weighted by molar-refractivity contribution is 0.0594. The summed E-state index contributed by atoms with van der Waals surface area (Å²) in [5.41, 5.74) is 1.62. The number of nitrogens with zero attached hydrogens (tertiary/aromatic N) is 1. The molecule has 4 heteroatoms. The summed E-state index contributed by atoms with van der Waals surface area (Å²) in [5, 5.41) is 6.77. The van der Waals surface area contributed by atoms with Gasteiger partial charge < -0.3 is 4.74 Å². The van der Waals surface area contributed by atoms with Gasteiger partial charge in [0.05, 0.1) is 7.11 Å². The van der Waals surface area contributed by atoms with Gasteiger partial charge >= 0.3 is 5.97 Å². The Morgan fingerprint density at radius 1 is 1.69 bits per heavy atom. The highest BCUT2D eigenvalue weighted by molar-refractivity contribution is 5.87. The lowest BCUT2D eigenvalue weighted by atomic mass is 10.1. The molecule has 0 aromatic carbocycles. The number of hydrogen-bond acceptors (Lipinski definition) is 3. The van der Waals surface area contributed by atoms with Crippen LogP contribution in [0.25, 0.3) is 0 Å². The number of carbonyl (C=O) groups excluding carboxylic acids is 1. The first-order valence-corrected chi connectivity index (χ1v) is 4.30. The molecule has 13 heavy (non-hydrogen) atoms. The Kier molecular flexibility index (Phi) is 1.65. The fourth-order valence-corrected chi connectivity index (χ4v) is 1.30. The Balaban J connectivity index is 2.23. The van der Waals surface area contributed by atoms with Crippen LogP contribution in [-0.2, 0) is 10.2 Å². The summed E-state index contributed by atoms with van der Waals surface area (Å²) in [5.74, 6) is -0.383. The summed E-state index contributed by atoms with van der Waals surface area (Å²) in [6.45, 7) is 2.15. The van der Waals surface area contributed by atoms with Crippen LogP contribution in [0, 0.1) is 0 Å². The van der Waals surface area contributed by atoms with Crippen LogP contribution < -0.4 is 0 Å². The average molecular weight is 180 g/mol. The van der Waals surface area contributed by atoms with Crippen molar-refractivity contribution in [2.75, 3.05) is 7.11 Å². The number of esters is 1. The van der Waals surface area contributed by atoms with E-state index in [4.69, 9.17) is 0 Å². The smallest absolute Gasteiger partial charge is 0.358 e. The third kappa shape index (κ3) is 1.32. The highest BCUT2D eigenvalue weighted by atomic mass is 16.5. The van der Waals surface area contributed by atoms with Gasteiger partial charge in [-0.25, -0.2) is 4.79 Å². The van der Waals surface area contributed by atoms with E-state index in [0.717, 1.165) is 18.5 Å². The third-order valence-electron chi connectivity index (χ3n) is 2.62. The monoisotopic (exact) mass is 180 g/mol. The zero-order valence-corrected chi connectivity index (χ0v) is 7.76. The van der Waals surface area contributed by atoms with Crippen molar-refractivity contribution in [2.45, 2.75) is 25.2 Å². The molecular weight excluding hydrogens is 168 g/mol. The van der Waals surface area contributed by atoms with Gasteiger partial charge in [0.1, 0.15) is 0 Å². The third-order valence-corrected chi connectivity index (χ3v) is 2.62. The number of hydrogen-bond donors (Lipinski definition) is 1. The second kappa shape index (κ2) is 2.58. The van der Waals surface area contributed by atoms with Crippen molar-refractivity contribution in [1.82, 2.24) is 10.2 Å². The number of H-pyrrole nitrogens is 1. The molecule has 1 aromatic heterocycles. The van der Waals surface area contributed by atoms with Crippen molar-refractivity contribution in [2.24, 2.45) is 0 Å². The number of rotatable bonds is 2. The summed E-state index contributed by atoms with van der Waals surface area (Å²) >= 11 is 0. The van der Waals surface area contributed by atoms with E-state index in [1.807, 2.05) is 0 Å². The van der Waals surface area contributed by atoms with Crippen molar-refractivity contribution < 1.29 is 9.53 Å². The van der Waals surface area contributed by atoms with Crippen LogP contribution in [0.15, 0.2) is 6.07 Å². The van der Waals surface area contributed by atoms with Gasteiger partial charge in [0.15, 0.2) is 5.69 Å². The predicted molar refractivity (Wildman–Crippen MR) is 46.5 cm³/mol. The topological polar surface area (TPSA) is 55.0 Å². The molecule has 0 atom stereocenters. The second-order valence-corrected chi connectivity index (χ2v) is 3.72. The quantitative estimate of drug-likeness (QED) is 0.697. The Bertz CT molecular complexity index is 339. The largest absolute Gasteiger partial charge is 0.464 e. The number of methoxy groups -OCH3 is 1. The van der Waals surface area contributed by atoms with Crippen LogP contribution in [0.1, 0.15) is 35.9 Å². The van der Waals surface area contributed by atoms with E-state index in [1.165, 1.54) is 7.11 Å². The van der Waals surface area contributed by atoms with E-state index in [-0.39, 0.29) is 11.4 Å². The molecule has 1 aliphatic carbocycles. The first kappa shape index (κ1) is 8.29. The molecule has 4 nitrogen and oxygen atoms in total. The van der Waals surface area contributed by atoms with Gasteiger partial charge in [-0.2, -0.15) is 5.10 Å². The maximum Gasteiger partial charge on any atom is 0.358 e. The van der Waals surface area contributed by atoms with Crippen molar-refractivity contribution >= 4 is 5.97 Å². The minimum Gasteiger partial charge on any atom is -0.464 e. The van der Waals surface area contributed by atoms with E-state index in [1.54, 1.807) is 6.07 Å². The molecule has 0 saturated heterocycles. The summed E-state index contributed by atoms with van der Waals surface area (Å²) in [7, 11) is 1.36. The number of aromatic nitrogens is 2. The first-order chi connectivity index (χ1) is 6.15. The number of carbonyl (C=O) groups is 1. The molecule has 1 aromatic rings. The van der Waals surface area contributed by atoms with Crippen LogP contribution in [0.5, 0.6) is 0 Å². The Hall–Kier alpha value is -1.32. The van der Waals surface area contributed by atoms with Gasteiger partial charge in [0, 0.05) is 11.1 Å². The van der Waals surface area contributed by atoms with Crippen molar-refractivity contribution in [3.8, 4) is 0 Å². The van der Waals surface area contributed by atoms with Gasteiger partial charge in [-0.15, -0.1) is 0 Å². The number of aromatic amines is 1. The predicted octanol–water partition coefficient (Wildman–Crippen LogP) is 1.25. The summed E-state index contributed by atoms with van der Waals surface area (Å²) in [6, 6.07) is 1.78. The molecular formula is C9H12N2O2.